The van der Waals surface area contributed by atoms with Gasteiger partial charge in [0, 0.05) is 10.8 Å². The van der Waals surface area contributed by atoms with E-state index in [0.717, 1.165) is 76.5 Å². The van der Waals surface area contributed by atoms with Crippen molar-refractivity contribution < 1.29 is 14.0 Å². The minimum Gasteiger partial charge on any atom is -0.456 e. The van der Waals surface area contributed by atoms with E-state index in [1.165, 1.54) is 0 Å². The summed E-state index contributed by atoms with van der Waals surface area (Å²) in [7, 11) is 0. The van der Waals surface area contributed by atoms with Crippen LogP contribution >= 0.6 is 0 Å². The first-order valence-corrected chi connectivity index (χ1v) is 15.6. The maximum absolute atomic E-state index is 9.23. The van der Waals surface area contributed by atoms with Gasteiger partial charge in [0.05, 0.1) is 9.60 Å². The van der Waals surface area contributed by atoms with E-state index < -0.39 is 12.1 Å². The van der Waals surface area contributed by atoms with E-state index in [2.05, 4.69) is 54.6 Å². The minimum absolute atomic E-state index is 0.0596. The van der Waals surface area contributed by atoms with Crippen LogP contribution in [0.1, 0.15) is 9.60 Å². The fraction of sp³-hybridized carbons (Fsp3) is 0. The molecule has 0 amide bonds. The van der Waals surface area contributed by atoms with Crippen LogP contribution in [-0.4, -0.2) is 0 Å². The predicted octanol–water partition coefficient (Wildman–Crippen LogP) is 13.2. The van der Waals surface area contributed by atoms with Crippen molar-refractivity contribution in [3.63, 3.8) is 0 Å². The molecule has 0 unspecified atom stereocenters. The molecule has 0 N–H and O–H groups in total. The highest BCUT2D eigenvalue weighted by molar-refractivity contribution is 6.25. The monoisotopic (exact) mass is 603 g/mol. The number of furan rings is 1. The Kier molecular flexibility index (Phi) is 4.34. The van der Waals surface area contributed by atoms with E-state index in [9.17, 15) is 1.37 Å². The summed E-state index contributed by atoms with van der Waals surface area (Å²) in [5.74, 6) is 0. The normalized spacial score (nSPS) is 13.9. The van der Waals surface area contributed by atoms with Crippen molar-refractivity contribution in [3.05, 3.63) is 170 Å². The molecule has 0 saturated heterocycles. The van der Waals surface area contributed by atoms with Crippen molar-refractivity contribution in [2.24, 2.45) is 0 Å². The highest BCUT2D eigenvalue weighted by Crippen LogP contribution is 2.46. The molecule has 0 radical (unpaired) electrons. The number of benzene rings is 9. The Morgan fingerprint density at radius 1 is 0.383 bits per heavy atom. The highest BCUT2D eigenvalue weighted by atomic mass is 16.3. The van der Waals surface area contributed by atoms with Gasteiger partial charge in [-0.05, 0) is 94.7 Å². The van der Waals surface area contributed by atoms with E-state index >= 15 is 0 Å². The summed E-state index contributed by atoms with van der Waals surface area (Å²) in [6, 6.07) is 40.2. The summed E-state index contributed by atoms with van der Waals surface area (Å²) in [6.45, 7) is 0. The van der Waals surface area contributed by atoms with Crippen LogP contribution in [-0.2, 0) is 0 Å². The predicted molar refractivity (Wildman–Crippen MR) is 200 cm³/mol. The smallest absolute Gasteiger partial charge is 0.136 e. The van der Waals surface area contributed by atoms with Gasteiger partial charge in [-0.2, -0.15) is 0 Å². The fourth-order valence-electron chi connectivity index (χ4n) is 7.38. The van der Waals surface area contributed by atoms with Crippen molar-refractivity contribution in [2.45, 2.75) is 0 Å². The van der Waals surface area contributed by atoms with Gasteiger partial charge in [0.1, 0.15) is 11.2 Å². The lowest BCUT2D eigenvalue weighted by molar-refractivity contribution is 0.669. The van der Waals surface area contributed by atoms with Crippen molar-refractivity contribution in [1.82, 2.24) is 0 Å². The van der Waals surface area contributed by atoms with Gasteiger partial charge in [-0.15, -0.1) is 0 Å². The molecule has 1 aromatic heterocycles. The maximum atomic E-state index is 9.23. The van der Waals surface area contributed by atoms with Crippen LogP contribution in [0.15, 0.2) is 174 Å². The van der Waals surface area contributed by atoms with Crippen LogP contribution in [0.25, 0.3) is 98.4 Å². The quantitative estimate of drug-likeness (QED) is 0.183. The van der Waals surface area contributed by atoms with Gasteiger partial charge >= 0.3 is 0 Å². The van der Waals surface area contributed by atoms with Crippen molar-refractivity contribution in [3.8, 4) is 33.4 Å². The second-order valence-corrected chi connectivity index (χ2v) is 11.9. The molecule has 0 aliphatic rings. The van der Waals surface area contributed by atoms with Crippen LogP contribution in [0.2, 0.25) is 0 Å². The average molecular weight is 604 g/mol. The first-order chi connectivity index (χ1) is 26.2. The summed E-state index contributed by atoms with van der Waals surface area (Å²) in [6.07, 6.45) is 0. The molecule has 0 spiro atoms. The fourth-order valence-corrected chi connectivity index (χ4v) is 7.38. The molecule has 0 fully saturated rings. The molecule has 10 rings (SSSR count). The molecular formula is C46H28O. The Hall–Kier alpha value is -6.18. The Labute approximate surface area is 281 Å². The zero-order valence-electron chi connectivity index (χ0n) is 32.0. The van der Waals surface area contributed by atoms with E-state index in [-0.39, 0.29) is 46.5 Å². The lowest BCUT2D eigenvalue weighted by Crippen LogP contribution is -1.92. The maximum Gasteiger partial charge on any atom is 0.136 e. The number of hydrogen-bond donors (Lipinski definition) is 0. The molecule has 0 atom stereocenters. The second-order valence-electron chi connectivity index (χ2n) is 11.9. The summed E-state index contributed by atoms with van der Waals surface area (Å²) in [5, 5.41) is 7.72. The summed E-state index contributed by atoms with van der Waals surface area (Å²) >= 11 is 0. The molecule has 0 bridgehead atoms. The van der Waals surface area contributed by atoms with E-state index in [1.807, 2.05) is 72.8 Å². The first kappa shape index (κ1) is 20.0. The molecule has 0 saturated carbocycles. The molecule has 1 heterocycles. The third-order valence-electron chi connectivity index (χ3n) is 9.34. The van der Waals surface area contributed by atoms with Gasteiger partial charge in [-0.1, -0.05) is 151 Å². The van der Waals surface area contributed by atoms with Crippen molar-refractivity contribution in [2.75, 3.05) is 0 Å². The summed E-state index contributed by atoms with van der Waals surface area (Å²) in [5.41, 5.74) is 6.48. The molecule has 47 heavy (non-hydrogen) atoms. The molecule has 9 aromatic carbocycles. The molecule has 10 aromatic rings. The van der Waals surface area contributed by atoms with Crippen LogP contribution < -0.4 is 0 Å². The van der Waals surface area contributed by atoms with Gasteiger partial charge in [0.15, 0.2) is 0 Å². The SMILES string of the molecule is [2H]c1c([2H])c([2H])c2c(-c3c4ccccc4c(-c4cccc(-c5cccc6oc7ccc8ccccc8c7c56)c4)c4ccccc34)c([2H])c([2H])c([2H])c2c1[2H]. The number of hydrogen-bond acceptors (Lipinski definition) is 1. The van der Waals surface area contributed by atoms with Crippen molar-refractivity contribution in [1.29, 1.82) is 0 Å². The van der Waals surface area contributed by atoms with Gasteiger partial charge in [-0.3, -0.25) is 0 Å². The molecule has 218 valence electrons. The summed E-state index contributed by atoms with van der Waals surface area (Å²) in [4.78, 5) is 0. The van der Waals surface area contributed by atoms with Crippen molar-refractivity contribution >= 4 is 65.0 Å². The largest absolute Gasteiger partial charge is 0.456 e. The molecule has 0 aliphatic carbocycles. The van der Waals surface area contributed by atoms with Crippen LogP contribution in [0.4, 0.5) is 0 Å². The number of fused-ring (bicyclic) bond motifs is 8. The van der Waals surface area contributed by atoms with E-state index in [0.29, 0.717) is 5.56 Å². The minimum atomic E-state index is -0.471. The molecular weight excluding hydrogens is 569 g/mol. The zero-order valence-corrected chi connectivity index (χ0v) is 25.0. The second kappa shape index (κ2) is 10.2. The Bertz CT molecular complexity index is 3190. The first-order valence-electron chi connectivity index (χ1n) is 19.1. The molecule has 1 nitrogen and oxygen atoms in total. The molecule has 1 heteroatoms. The highest BCUT2D eigenvalue weighted by Gasteiger charge is 2.19. The standard InChI is InChI=1S/C46H28O/c1-3-17-33-29(12-1)14-10-24-36(33)44-39-21-7-5-19-37(39)43(38-20-6-8-22-40(38)44)32-16-9-15-31(28-32)35-23-11-25-41-46(35)45-34-18-4-2-13-30(34)26-27-42(45)47-41/h1-28H/i1D,3D,10D,12D,14D,17D,24D. The topological polar surface area (TPSA) is 13.1 Å². The molecule has 0 aliphatic heterocycles. The van der Waals surface area contributed by atoms with E-state index in [1.54, 1.807) is 0 Å². The Morgan fingerprint density at radius 3 is 1.83 bits per heavy atom. The van der Waals surface area contributed by atoms with Gasteiger partial charge in [0.25, 0.3) is 0 Å². The van der Waals surface area contributed by atoms with Gasteiger partial charge in [0.2, 0.25) is 0 Å². The van der Waals surface area contributed by atoms with Gasteiger partial charge in [-0.25, -0.2) is 0 Å². The van der Waals surface area contributed by atoms with E-state index in [4.69, 9.17) is 12.6 Å². The lowest BCUT2D eigenvalue weighted by atomic mass is 9.84. The third-order valence-corrected chi connectivity index (χ3v) is 9.34. The average Bonchev–Trinajstić information content (AvgIpc) is 3.60. The Morgan fingerprint density at radius 2 is 1.02 bits per heavy atom. The summed E-state index contributed by atoms with van der Waals surface area (Å²) < 4.78 is 67.8. The lowest BCUT2D eigenvalue weighted by Gasteiger charge is -2.19. The third kappa shape index (κ3) is 3.90. The van der Waals surface area contributed by atoms with Crippen LogP contribution in [0.3, 0.4) is 0 Å². The zero-order chi connectivity index (χ0) is 37.0. The van der Waals surface area contributed by atoms with Gasteiger partial charge < -0.3 is 4.42 Å². The Balaban J connectivity index is 1.29. The number of rotatable bonds is 3. The van der Waals surface area contributed by atoms with Crippen LogP contribution in [0.5, 0.6) is 0 Å². The van der Waals surface area contributed by atoms with Crippen LogP contribution in [0, 0.1) is 0 Å².